The van der Waals surface area contributed by atoms with E-state index in [1.807, 2.05) is 4.90 Å². The lowest BCUT2D eigenvalue weighted by Gasteiger charge is -2.35. The van der Waals surface area contributed by atoms with Crippen LogP contribution in [0.1, 0.15) is 32.6 Å². The van der Waals surface area contributed by atoms with Crippen molar-refractivity contribution >= 4 is 11.8 Å². The molecule has 2 fully saturated rings. The van der Waals surface area contributed by atoms with Gasteiger partial charge in [0.2, 0.25) is 11.8 Å². The van der Waals surface area contributed by atoms with Crippen LogP contribution in [0.25, 0.3) is 0 Å². The Hall–Kier alpha value is -1.10. The van der Waals surface area contributed by atoms with Crippen molar-refractivity contribution in [2.75, 3.05) is 32.7 Å². The zero-order valence-corrected chi connectivity index (χ0v) is 11.2. The maximum atomic E-state index is 12.4. The molecule has 0 unspecified atom stereocenters. The Balaban J connectivity index is 1.92. The first-order valence-electron chi connectivity index (χ1n) is 6.96. The summed E-state index contributed by atoms with van der Waals surface area (Å²) in [5.74, 6) is 0.230. The first-order chi connectivity index (χ1) is 8.68. The lowest BCUT2D eigenvalue weighted by Crippen LogP contribution is -2.58. The number of piperazine rings is 1. The molecule has 0 aliphatic carbocycles. The molecule has 2 heterocycles. The van der Waals surface area contributed by atoms with Crippen LogP contribution in [0.3, 0.4) is 0 Å². The van der Waals surface area contributed by atoms with Gasteiger partial charge in [0.15, 0.2) is 0 Å². The average molecular weight is 253 g/mol. The van der Waals surface area contributed by atoms with Crippen LogP contribution in [-0.4, -0.2) is 60.4 Å². The zero-order chi connectivity index (χ0) is 13.0. The molecule has 0 aromatic rings. The molecule has 2 amide bonds. The highest BCUT2D eigenvalue weighted by atomic mass is 16.2. The van der Waals surface area contributed by atoms with Gasteiger partial charge < -0.3 is 15.1 Å². The van der Waals surface area contributed by atoms with Gasteiger partial charge in [0.05, 0.1) is 0 Å². The largest absolute Gasteiger partial charge is 0.341 e. The van der Waals surface area contributed by atoms with E-state index in [0.717, 1.165) is 25.9 Å². The summed E-state index contributed by atoms with van der Waals surface area (Å²) in [6.45, 7) is 5.25. The molecular formula is C13H23N3O2. The summed E-state index contributed by atoms with van der Waals surface area (Å²) in [6, 6.07) is -0.208. The Morgan fingerprint density at radius 2 is 1.67 bits per heavy atom. The van der Waals surface area contributed by atoms with Gasteiger partial charge in [-0.3, -0.25) is 9.59 Å². The fourth-order valence-corrected chi connectivity index (χ4v) is 2.71. The van der Waals surface area contributed by atoms with Gasteiger partial charge in [0.25, 0.3) is 0 Å². The minimum Gasteiger partial charge on any atom is -0.341 e. The van der Waals surface area contributed by atoms with Crippen molar-refractivity contribution in [2.24, 2.45) is 0 Å². The third kappa shape index (κ3) is 3.22. The van der Waals surface area contributed by atoms with E-state index in [1.165, 1.54) is 12.8 Å². The van der Waals surface area contributed by atoms with Crippen molar-refractivity contribution in [3.63, 3.8) is 0 Å². The van der Waals surface area contributed by atoms with Crippen LogP contribution >= 0.6 is 0 Å². The summed E-state index contributed by atoms with van der Waals surface area (Å²) >= 11 is 0. The van der Waals surface area contributed by atoms with Crippen LogP contribution in [0.5, 0.6) is 0 Å². The standard InChI is InChI=1S/C13H23N3O2/c1-11(17)16-9-6-14-12(10-16)13(18)15-7-4-2-3-5-8-15/h12,14H,2-10H2,1H3/t12-/m0/s1. The second-order valence-electron chi connectivity index (χ2n) is 5.21. The van der Waals surface area contributed by atoms with E-state index in [0.29, 0.717) is 19.6 Å². The zero-order valence-electron chi connectivity index (χ0n) is 11.2. The third-order valence-electron chi connectivity index (χ3n) is 3.84. The summed E-state index contributed by atoms with van der Waals surface area (Å²) in [4.78, 5) is 27.5. The lowest BCUT2D eigenvalue weighted by molar-refractivity contribution is -0.137. The topological polar surface area (TPSA) is 52.7 Å². The van der Waals surface area contributed by atoms with Crippen LogP contribution in [0.2, 0.25) is 0 Å². The SMILES string of the molecule is CC(=O)N1CCN[C@H](C(=O)N2CCCCCC2)C1. The Morgan fingerprint density at radius 3 is 2.28 bits per heavy atom. The number of hydrogen-bond acceptors (Lipinski definition) is 3. The molecule has 1 atom stereocenters. The molecule has 0 bridgehead atoms. The van der Waals surface area contributed by atoms with E-state index >= 15 is 0 Å². The Morgan fingerprint density at radius 1 is 1.00 bits per heavy atom. The molecule has 2 aliphatic rings. The van der Waals surface area contributed by atoms with E-state index in [-0.39, 0.29) is 17.9 Å². The van der Waals surface area contributed by atoms with E-state index in [9.17, 15) is 9.59 Å². The van der Waals surface area contributed by atoms with Crippen molar-refractivity contribution < 1.29 is 9.59 Å². The Bertz CT molecular complexity index is 311. The quantitative estimate of drug-likeness (QED) is 0.727. The summed E-state index contributed by atoms with van der Waals surface area (Å²) in [5, 5.41) is 3.24. The number of nitrogens with zero attached hydrogens (tertiary/aromatic N) is 2. The maximum absolute atomic E-state index is 12.4. The number of likely N-dealkylation sites (tertiary alicyclic amines) is 1. The number of rotatable bonds is 1. The van der Waals surface area contributed by atoms with E-state index in [1.54, 1.807) is 11.8 Å². The van der Waals surface area contributed by atoms with Gasteiger partial charge in [-0.15, -0.1) is 0 Å². The fourth-order valence-electron chi connectivity index (χ4n) is 2.71. The summed E-state index contributed by atoms with van der Waals surface area (Å²) in [5.41, 5.74) is 0. The molecule has 1 N–H and O–H groups in total. The van der Waals surface area contributed by atoms with Gasteiger partial charge in [-0.25, -0.2) is 0 Å². The summed E-state index contributed by atoms with van der Waals surface area (Å²) < 4.78 is 0. The number of amides is 2. The molecule has 5 heteroatoms. The average Bonchev–Trinajstić information content (AvgIpc) is 2.67. The van der Waals surface area contributed by atoms with E-state index in [4.69, 9.17) is 0 Å². The van der Waals surface area contributed by atoms with Gasteiger partial charge in [0.1, 0.15) is 6.04 Å². The second-order valence-corrected chi connectivity index (χ2v) is 5.21. The summed E-state index contributed by atoms with van der Waals surface area (Å²) in [6.07, 6.45) is 4.66. The van der Waals surface area contributed by atoms with Crippen molar-refractivity contribution in [3.05, 3.63) is 0 Å². The molecule has 18 heavy (non-hydrogen) atoms. The first kappa shape index (κ1) is 13.3. The molecule has 5 nitrogen and oxygen atoms in total. The van der Waals surface area contributed by atoms with Crippen LogP contribution < -0.4 is 5.32 Å². The molecule has 102 valence electrons. The van der Waals surface area contributed by atoms with Gasteiger partial charge in [-0.05, 0) is 12.8 Å². The number of nitrogens with one attached hydrogen (secondary N) is 1. The van der Waals surface area contributed by atoms with Crippen molar-refractivity contribution in [3.8, 4) is 0 Å². The fraction of sp³-hybridized carbons (Fsp3) is 0.846. The summed E-state index contributed by atoms with van der Waals surface area (Å²) in [7, 11) is 0. The molecule has 0 radical (unpaired) electrons. The minimum atomic E-state index is -0.208. The number of carbonyl (C=O) groups is 2. The Labute approximate surface area is 108 Å². The molecule has 2 saturated heterocycles. The molecule has 0 aromatic carbocycles. The number of hydrogen-bond donors (Lipinski definition) is 1. The van der Waals surface area contributed by atoms with Gasteiger partial charge >= 0.3 is 0 Å². The maximum Gasteiger partial charge on any atom is 0.241 e. The predicted molar refractivity (Wildman–Crippen MR) is 69.1 cm³/mol. The molecule has 2 aliphatic heterocycles. The minimum absolute atomic E-state index is 0.0603. The van der Waals surface area contributed by atoms with Crippen LogP contribution in [0.15, 0.2) is 0 Å². The highest BCUT2D eigenvalue weighted by Crippen LogP contribution is 2.12. The Kier molecular flexibility index (Phi) is 4.58. The number of carbonyl (C=O) groups excluding carboxylic acids is 2. The van der Waals surface area contributed by atoms with Gasteiger partial charge in [-0.2, -0.15) is 0 Å². The molecule has 0 saturated carbocycles. The second kappa shape index (κ2) is 6.18. The van der Waals surface area contributed by atoms with Gasteiger partial charge in [-0.1, -0.05) is 12.8 Å². The van der Waals surface area contributed by atoms with Crippen molar-refractivity contribution in [1.29, 1.82) is 0 Å². The molecule has 2 rings (SSSR count). The van der Waals surface area contributed by atoms with Crippen molar-refractivity contribution in [1.82, 2.24) is 15.1 Å². The van der Waals surface area contributed by atoms with Crippen molar-refractivity contribution in [2.45, 2.75) is 38.6 Å². The van der Waals surface area contributed by atoms with E-state index in [2.05, 4.69) is 5.32 Å². The molecule has 0 aromatic heterocycles. The molecular weight excluding hydrogens is 230 g/mol. The van der Waals surface area contributed by atoms with Crippen LogP contribution in [0, 0.1) is 0 Å². The van der Waals surface area contributed by atoms with Crippen LogP contribution in [-0.2, 0) is 9.59 Å². The predicted octanol–water partition coefficient (Wildman–Crippen LogP) is 0.209. The smallest absolute Gasteiger partial charge is 0.241 e. The highest BCUT2D eigenvalue weighted by molar-refractivity contribution is 5.83. The third-order valence-corrected chi connectivity index (χ3v) is 3.84. The first-order valence-corrected chi connectivity index (χ1v) is 6.96. The normalized spacial score (nSPS) is 25.7. The van der Waals surface area contributed by atoms with Gasteiger partial charge in [0, 0.05) is 39.6 Å². The molecule has 0 spiro atoms. The van der Waals surface area contributed by atoms with E-state index < -0.39 is 0 Å². The lowest BCUT2D eigenvalue weighted by atomic mass is 10.1. The monoisotopic (exact) mass is 253 g/mol. The van der Waals surface area contributed by atoms with Crippen LogP contribution in [0.4, 0.5) is 0 Å². The highest BCUT2D eigenvalue weighted by Gasteiger charge is 2.29.